The minimum Gasteiger partial charge on any atom is -0.448 e. The van der Waals surface area contributed by atoms with E-state index >= 15 is 0 Å². The molecule has 1 aromatic heterocycles. The molecule has 1 heterocycles. The van der Waals surface area contributed by atoms with Crippen LogP contribution in [0.3, 0.4) is 0 Å². The van der Waals surface area contributed by atoms with Crippen LogP contribution in [-0.4, -0.2) is 0 Å². The van der Waals surface area contributed by atoms with Gasteiger partial charge in [-0.25, -0.2) is 4.79 Å². The zero-order chi connectivity index (χ0) is 10.3. The smallest absolute Gasteiger partial charge is 0.356 e. The predicted molar refractivity (Wildman–Crippen MR) is 55.2 cm³/mol. The Hall–Kier alpha value is -0.666. The summed E-state index contributed by atoms with van der Waals surface area (Å²) >= 11 is 0. The van der Waals surface area contributed by atoms with Gasteiger partial charge in [0.15, 0.2) is 0 Å². The van der Waals surface area contributed by atoms with E-state index in [1.54, 1.807) is 6.07 Å². The SMILES string of the molecule is Cc1[c-]c2oc(=O)c(N)cc2cc1C.[Y]. The van der Waals surface area contributed by atoms with Gasteiger partial charge in [0.1, 0.15) is 5.69 Å². The van der Waals surface area contributed by atoms with Gasteiger partial charge >= 0.3 is 5.63 Å². The summed E-state index contributed by atoms with van der Waals surface area (Å²) in [5.41, 5.74) is 7.63. The van der Waals surface area contributed by atoms with Crippen molar-refractivity contribution in [1.82, 2.24) is 0 Å². The predicted octanol–water partition coefficient (Wildman–Crippen LogP) is 1.79. The van der Waals surface area contributed by atoms with Crippen molar-refractivity contribution in [2.45, 2.75) is 13.8 Å². The third-order valence-electron chi connectivity index (χ3n) is 2.27. The van der Waals surface area contributed by atoms with Crippen molar-refractivity contribution in [2.24, 2.45) is 0 Å². The maximum atomic E-state index is 11.1. The molecule has 2 rings (SSSR count). The molecule has 0 aliphatic heterocycles. The molecule has 0 saturated heterocycles. The maximum absolute atomic E-state index is 11.1. The number of anilines is 1. The van der Waals surface area contributed by atoms with Crippen molar-refractivity contribution in [1.29, 1.82) is 0 Å². The fraction of sp³-hybridized carbons (Fsp3) is 0.182. The van der Waals surface area contributed by atoms with Crippen molar-refractivity contribution in [3.05, 3.63) is 39.7 Å². The molecule has 0 saturated carbocycles. The summed E-state index contributed by atoms with van der Waals surface area (Å²) in [6.45, 7) is 3.90. The number of benzene rings is 1. The van der Waals surface area contributed by atoms with E-state index in [9.17, 15) is 4.79 Å². The number of fused-ring (bicyclic) bond motifs is 1. The number of nitrogen functional groups attached to an aromatic ring is 1. The fourth-order valence-electron chi connectivity index (χ4n) is 1.32. The quantitative estimate of drug-likeness (QED) is 0.590. The summed E-state index contributed by atoms with van der Waals surface area (Å²) in [7, 11) is 0. The van der Waals surface area contributed by atoms with Crippen LogP contribution in [0, 0.1) is 19.9 Å². The monoisotopic (exact) mass is 277 g/mol. The Morgan fingerprint density at radius 1 is 1.33 bits per heavy atom. The van der Waals surface area contributed by atoms with Crippen molar-refractivity contribution >= 4 is 16.7 Å². The van der Waals surface area contributed by atoms with Crippen LogP contribution in [0.4, 0.5) is 5.69 Å². The van der Waals surface area contributed by atoms with Crippen LogP contribution in [0.2, 0.25) is 0 Å². The normalized spacial score (nSPS) is 10.0. The molecular weight excluding hydrogens is 267 g/mol. The van der Waals surface area contributed by atoms with Crippen molar-refractivity contribution in [3.8, 4) is 0 Å². The van der Waals surface area contributed by atoms with Gasteiger partial charge in [-0.1, -0.05) is 25.3 Å². The molecule has 0 atom stereocenters. The molecule has 0 bridgehead atoms. The first kappa shape index (κ1) is 12.4. The second kappa shape index (κ2) is 4.46. The average Bonchev–Trinajstić information content (AvgIpc) is 2.11. The van der Waals surface area contributed by atoms with Crippen LogP contribution in [0.25, 0.3) is 11.0 Å². The van der Waals surface area contributed by atoms with Gasteiger partial charge in [-0.3, -0.25) is 0 Å². The zero-order valence-electron chi connectivity index (χ0n) is 8.63. The van der Waals surface area contributed by atoms with Crippen LogP contribution in [0.5, 0.6) is 0 Å². The van der Waals surface area contributed by atoms with E-state index in [2.05, 4.69) is 6.07 Å². The van der Waals surface area contributed by atoms with Gasteiger partial charge in [0.2, 0.25) is 0 Å². The van der Waals surface area contributed by atoms with Crippen LogP contribution >= 0.6 is 0 Å². The van der Waals surface area contributed by atoms with Crippen LogP contribution in [0.1, 0.15) is 11.1 Å². The molecule has 0 aliphatic rings. The Balaban J connectivity index is 0.00000112. The maximum Gasteiger partial charge on any atom is 0.356 e. The summed E-state index contributed by atoms with van der Waals surface area (Å²) in [5, 5.41) is 0.810. The number of rotatable bonds is 0. The van der Waals surface area contributed by atoms with Gasteiger partial charge in [-0.2, -0.15) is 17.2 Å². The van der Waals surface area contributed by atoms with E-state index in [0.29, 0.717) is 5.58 Å². The fourth-order valence-corrected chi connectivity index (χ4v) is 1.32. The molecule has 0 amide bonds. The van der Waals surface area contributed by atoms with E-state index in [1.807, 2.05) is 19.9 Å². The standard InChI is InChI=1S/C11H10NO2.Y/c1-6-3-8-5-9(12)11(13)14-10(8)4-7(6)2;/h3,5H,12H2,1-2H3;/q-1;. The van der Waals surface area contributed by atoms with Crippen LogP contribution in [-0.2, 0) is 32.7 Å². The van der Waals surface area contributed by atoms with E-state index in [1.165, 1.54) is 0 Å². The van der Waals surface area contributed by atoms with E-state index < -0.39 is 5.63 Å². The van der Waals surface area contributed by atoms with Gasteiger partial charge in [0.25, 0.3) is 0 Å². The largest absolute Gasteiger partial charge is 0.448 e. The number of nitrogens with two attached hydrogens (primary N) is 1. The molecule has 15 heavy (non-hydrogen) atoms. The van der Waals surface area contributed by atoms with Crippen molar-refractivity contribution in [2.75, 3.05) is 5.73 Å². The Morgan fingerprint density at radius 2 is 2.00 bits per heavy atom. The van der Waals surface area contributed by atoms with Gasteiger partial charge in [0, 0.05) is 38.3 Å². The molecule has 75 valence electrons. The summed E-state index contributed by atoms with van der Waals surface area (Å²) < 4.78 is 4.99. The summed E-state index contributed by atoms with van der Waals surface area (Å²) in [5.74, 6) is 0. The molecular formula is C11H10NO2Y-. The Labute approximate surface area is 113 Å². The second-order valence-corrected chi connectivity index (χ2v) is 3.35. The molecule has 2 aromatic rings. The van der Waals surface area contributed by atoms with E-state index in [0.717, 1.165) is 16.5 Å². The van der Waals surface area contributed by atoms with E-state index in [-0.39, 0.29) is 38.4 Å². The Bertz CT molecular complexity index is 560. The van der Waals surface area contributed by atoms with Gasteiger partial charge in [0.05, 0.1) is 0 Å². The molecule has 0 spiro atoms. The molecule has 1 aromatic carbocycles. The Morgan fingerprint density at radius 3 is 2.67 bits per heavy atom. The Kier molecular flexibility index (Phi) is 3.69. The average molecular weight is 277 g/mol. The number of hydrogen-bond donors (Lipinski definition) is 1. The minimum absolute atomic E-state index is 0. The third kappa shape index (κ3) is 2.29. The zero-order valence-corrected chi connectivity index (χ0v) is 11.5. The van der Waals surface area contributed by atoms with Gasteiger partial charge in [-0.05, 0) is 0 Å². The number of hydrogen-bond acceptors (Lipinski definition) is 3. The first-order chi connectivity index (χ1) is 6.58. The van der Waals surface area contributed by atoms with Gasteiger partial charge in [-0.15, -0.1) is 6.07 Å². The third-order valence-corrected chi connectivity index (χ3v) is 2.27. The van der Waals surface area contributed by atoms with Gasteiger partial charge < -0.3 is 10.2 Å². The van der Waals surface area contributed by atoms with Crippen LogP contribution in [0.15, 0.2) is 21.3 Å². The van der Waals surface area contributed by atoms with Crippen molar-refractivity contribution in [3.63, 3.8) is 0 Å². The first-order valence-electron chi connectivity index (χ1n) is 4.31. The molecule has 0 aliphatic carbocycles. The molecule has 4 heteroatoms. The second-order valence-electron chi connectivity index (χ2n) is 3.35. The van der Waals surface area contributed by atoms with Crippen molar-refractivity contribution < 1.29 is 37.1 Å². The molecule has 0 unspecified atom stereocenters. The summed E-state index contributed by atoms with van der Waals surface area (Å²) in [4.78, 5) is 11.1. The molecule has 3 nitrogen and oxygen atoms in total. The van der Waals surface area contributed by atoms with Crippen LogP contribution < -0.4 is 11.4 Å². The minimum atomic E-state index is -0.503. The molecule has 2 N–H and O–H groups in total. The summed E-state index contributed by atoms with van der Waals surface area (Å²) in [6.07, 6.45) is 0. The molecule has 1 radical (unpaired) electrons. The number of aryl methyl sites for hydroxylation is 2. The summed E-state index contributed by atoms with van der Waals surface area (Å²) in [6, 6.07) is 6.55. The topological polar surface area (TPSA) is 56.2 Å². The first-order valence-corrected chi connectivity index (χ1v) is 4.31. The van der Waals surface area contributed by atoms with E-state index in [4.69, 9.17) is 10.2 Å². The molecule has 0 fully saturated rings.